The molecule has 0 aromatic heterocycles. The predicted molar refractivity (Wildman–Crippen MR) is 156 cm³/mol. The number of hydrogen-bond acceptors (Lipinski definition) is 4. The summed E-state index contributed by atoms with van der Waals surface area (Å²) in [5.74, 6) is 0.819. The highest BCUT2D eigenvalue weighted by atomic mass is 32.2. The average molecular weight is 515 g/mol. The van der Waals surface area contributed by atoms with Crippen LogP contribution in [0.3, 0.4) is 0 Å². The van der Waals surface area contributed by atoms with Gasteiger partial charge in [-0.25, -0.2) is 0 Å². The normalized spacial score (nSPS) is 13.2. The van der Waals surface area contributed by atoms with Crippen LogP contribution in [0.25, 0.3) is 0 Å². The number of benzene rings is 2. The molecule has 2 aromatic carbocycles. The van der Waals surface area contributed by atoms with E-state index in [0.717, 1.165) is 32.0 Å². The summed E-state index contributed by atoms with van der Waals surface area (Å²) in [7, 11) is 0. The zero-order valence-electron chi connectivity index (χ0n) is 24.1. The van der Waals surface area contributed by atoms with Gasteiger partial charge in [0.05, 0.1) is 0 Å². The summed E-state index contributed by atoms with van der Waals surface area (Å²) >= 11 is 3.47. The Morgan fingerprint density at radius 3 is 0.943 bits per heavy atom. The maximum absolute atomic E-state index is 11.1. The van der Waals surface area contributed by atoms with Crippen molar-refractivity contribution in [2.24, 2.45) is 0 Å². The van der Waals surface area contributed by atoms with Crippen molar-refractivity contribution >= 4 is 23.5 Å². The first-order chi connectivity index (χ1) is 15.7. The fraction of sp³-hybridized carbons (Fsp3) is 0.548. The van der Waals surface area contributed by atoms with Crippen LogP contribution in [0.15, 0.2) is 44.4 Å². The molecule has 2 aromatic rings. The third kappa shape index (κ3) is 7.26. The van der Waals surface area contributed by atoms with Crippen LogP contribution < -0.4 is 0 Å². The number of phenolic OH excluding ortho intramolecular Hbond substituents is 2. The van der Waals surface area contributed by atoms with E-state index in [1.165, 1.54) is 4.24 Å². The first-order valence-corrected chi connectivity index (χ1v) is 14.1. The molecule has 0 atom stereocenters. The van der Waals surface area contributed by atoms with Crippen LogP contribution in [0.5, 0.6) is 11.5 Å². The van der Waals surface area contributed by atoms with Crippen molar-refractivity contribution in [3.8, 4) is 11.5 Å². The van der Waals surface area contributed by atoms with Gasteiger partial charge in [0.25, 0.3) is 0 Å². The minimum atomic E-state index is -0.163. The van der Waals surface area contributed by atoms with E-state index in [9.17, 15) is 10.2 Å². The molecule has 0 spiro atoms. The van der Waals surface area contributed by atoms with Gasteiger partial charge in [-0.1, -0.05) is 113 Å². The molecular weight excluding hydrogens is 468 g/mol. The van der Waals surface area contributed by atoms with Crippen molar-refractivity contribution in [3.05, 3.63) is 56.8 Å². The van der Waals surface area contributed by atoms with Gasteiger partial charge in [0.2, 0.25) is 0 Å². The van der Waals surface area contributed by atoms with Crippen LogP contribution in [0.1, 0.15) is 112 Å². The molecule has 0 aliphatic carbocycles. The van der Waals surface area contributed by atoms with Crippen molar-refractivity contribution in [3.63, 3.8) is 0 Å². The van der Waals surface area contributed by atoms with Gasteiger partial charge >= 0.3 is 0 Å². The molecule has 2 nitrogen and oxygen atoms in total. The molecule has 2 N–H and O–H groups in total. The molecule has 0 aliphatic heterocycles. The number of thioether (sulfide) groups is 2. The number of phenols is 2. The molecular formula is C31H46O2S2. The van der Waals surface area contributed by atoms with E-state index < -0.39 is 0 Å². The third-order valence-corrected chi connectivity index (χ3v) is 8.39. The number of hydrogen-bond donors (Lipinski definition) is 2. The largest absolute Gasteiger partial charge is 0.507 e. The van der Waals surface area contributed by atoms with Gasteiger partial charge < -0.3 is 10.2 Å². The van der Waals surface area contributed by atoms with Crippen LogP contribution in [0.4, 0.5) is 0 Å². The van der Waals surface area contributed by atoms with E-state index in [1.807, 2.05) is 0 Å². The van der Waals surface area contributed by atoms with E-state index in [2.05, 4.69) is 120 Å². The van der Waals surface area contributed by atoms with Crippen LogP contribution in [0.2, 0.25) is 0 Å². The molecule has 0 saturated heterocycles. The maximum Gasteiger partial charge on any atom is 0.123 e. The van der Waals surface area contributed by atoms with Gasteiger partial charge in [0.15, 0.2) is 0 Å². The Hall–Kier alpha value is -1.52. The van der Waals surface area contributed by atoms with E-state index in [4.69, 9.17) is 0 Å². The molecule has 0 saturated carbocycles. The van der Waals surface area contributed by atoms with Crippen LogP contribution in [0, 0.1) is 0 Å². The van der Waals surface area contributed by atoms with E-state index in [-0.39, 0.29) is 21.7 Å². The summed E-state index contributed by atoms with van der Waals surface area (Å²) in [5.41, 5.74) is 3.25. The zero-order valence-corrected chi connectivity index (χ0v) is 25.7. The van der Waals surface area contributed by atoms with Gasteiger partial charge in [-0.05, 0) is 52.8 Å². The lowest BCUT2D eigenvalue weighted by atomic mass is 9.79. The molecule has 2 rings (SSSR count). The Kier molecular flexibility index (Phi) is 8.56. The summed E-state index contributed by atoms with van der Waals surface area (Å²) < 4.78 is 1.17. The third-order valence-electron chi connectivity index (χ3n) is 6.07. The summed E-state index contributed by atoms with van der Waals surface area (Å²) in [6.45, 7) is 27.8. The highest BCUT2D eigenvalue weighted by Crippen LogP contribution is 2.48. The van der Waals surface area contributed by atoms with Crippen molar-refractivity contribution in [1.29, 1.82) is 0 Å². The van der Waals surface area contributed by atoms with Crippen molar-refractivity contribution in [1.82, 2.24) is 0 Å². The second kappa shape index (κ2) is 10.1. The molecule has 0 radical (unpaired) electrons. The summed E-state index contributed by atoms with van der Waals surface area (Å²) in [4.78, 5) is 2.26. The number of allylic oxidation sites excluding steroid dienone is 1. The molecule has 0 fully saturated rings. The zero-order chi connectivity index (χ0) is 27.1. The van der Waals surface area contributed by atoms with Crippen LogP contribution in [-0.2, 0) is 21.7 Å². The Balaban J connectivity index is 2.56. The van der Waals surface area contributed by atoms with Gasteiger partial charge in [-0.2, -0.15) is 0 Å². The van der Waals surface area contributed by atoms with E-state index >= 15 is 0 Å². The Morgan fingerprint density at radius 2 is 0.771 bits per heavy atom. The number of aromatic hydroxyl groups is 2. The summed E-state index contributed by atoms with van der Waals surface area (Å²) in [5, 5.41) is 22.2. The minimum absolute atomic E-state index is 0.163. The molecule has 0 amide bonds. The summed E-state index contributed by atoms with van der Waals surface area (Å²) in [6, 6.07) is 8.54. The van der Waals surface area contributed by atoms with Crippen molar-refractivity contribution in [2.75, 3.05) is 0 Å². The second-order valence-electron chi connectivity index (χ2n) is 13.5. The first kappa shape index (κ1) is 29.7. The molecule has 0 bridgehead atoms. The molecule has 0 unspecified atom stereocenters. The number of rotatable bonds is 4. The lowest BCUT2D eigenvalue weighted by Gasteiger charge is -2.29. The highest BCUT2D eigenvalue weighted by molar-refractivity contribution is 8.22. The topological polar surface area (TPSA) is 40.5 Å². The van der Waals surface area contributed by atoms with Gasteiger partial charge in [-0.15, -0.1) is 0 Å². The van der Waals surface area contributed by atoms with Crippen LogP contribution >= 0.6 is 23.5 Å². The van der Waals surface area contributed by atoms with Gasteiger partial charge in [-0.3, -0.25) is 0 Å². The Bertz CT molecular complexity index is 943. The summed E-state index contributed by atoms with van der Waals surface area (Å²) in [6.07, 6.45) is 2.15. The monoisotopic (exact) mass is 514 g/mol. The minimum Gasteiger partial charge on any atom is -0.507 e. The predicted octanol–water partition coefficient (Wildman–Crippen LogP) is 10.0. The molecule has 4 heteroatoms. The molecule has 0 heterocycles. The van der Waals surface area contributed by atoms with Crippen molar-refractivity contribution < 1.29 is 10.2 Å². The second-order valence-corrected chi connectivity index (χ2v) is 16.0. The average Bonchev–Trinajstić information content (AvgIpc) is 2.66. The standard InChI is InChI=1S/C31H46O2S2/c1-14-25(34-19-15-21(28(2,3)4)26(32)22(16-19)29(5,6)7)35-20-17-23(30(8,9)10)27(33)24(18-20)31(11,12)13/h14-18,32-33H,1-13H3. The Labute approximate surface area is 223 Å². The van der Waals surface area contributed by atoms with Crippen LogP contribution in [-0.4, -0.2) is 10.2 Å². The fourth-order valence-corrected chi connectivity index (χ4v) is 6.14. The van der Waals surface area contributed by atoms with Gasteiger partial charge in [0.1, 0.15) is 11.5 Å². The molecule has 0 aliphatic rings. The maximum atomic E-state index is 11.1. The van der Waals surface area contributed by atoms with E-state index in [1.54, 1.807) is 23.5 Å². The Morgan fingerprint density at radius 1 is 0.543 bits per heavy atom. The highest BCUT2D eigenvalue weighted by Gasteiger charge is 2.28. The lowest BCUT2D eigenvalue weighted by Crippen LogP contribution is -2.17. The molecule has 35 heavy (non-hydrogen) atoms. The molecule has 194 valence electrons. The SMILES string of the molecule is CC=C(Sc1cc(C(C)(C)C)c(O)c(C(C)(C)C)c1)Sc1cc(C(C)(C)C)c(O)c(C(C)(C)C)c1. The first-order valence-electron chi connectivity index (χ1n) is 12.4. The quantitative estimate of drug-likeness (QED) is 0.398. The smallest absolute Gasteiger partial charge is 0.123 e. The lowest BCUT2D eigenvalue weighted by molar-refractivity contribution is 0.421. The van der Waals surface area contributed by atoms with Crippen molar-refractivity contribution in [2.45, 2.75) is 121 Å². The van der Waals surface area contributed by atoms with E-state index in [0.29, 0.717) is 11.5 Å². The van der Waals surface area contributed by atoms with Gasteiger partial charge in [0, 0.05) is 36.3 Å². The fourth-order valence-electron chi connectivity index (χ4n) is 3.99.